The van der Waals surface area contributed by atoms with Crippen molar-refractivity contribution in [2.24, 2.45) is 0 Å². The van der Waals surface area contributed by atoms with Crippen LogP contribution in [0, 0.1) is 10.1 Å². The molecule has 0 saturated carbocycles. The van der Waals surface area contributed by atoms with Gasteiger partial charge in [0, 0.05) is 31.9 Å². The summed E-state index contributed by atoms with van der Waals surface area (Å²) >= 11 is 0. The Kier molecular flexibility index (Phi) is 10.2. The number of hydrogen-bond donors (Lipinski definition) is 2. The Bertz CT molecular complexity index is 1020. The SMILES string of the molecule is CN1CCCN(c2ccc([N+](=O)[O-])c3cccnc23)CC1.O=C(O)C(F)(F)F.O=C(O)C(F)(F)F. The number of non-ortho nitro benzene ring substituents is 1. The zero-order valence-corrected chi connectivity index (χ0v) is 18.0. The number of likely N-dealkylation sites (N-methyl/N-ethyl adjacent to an activating group) is 1. The Hall–Kier alpha value is -3.69. The van der Waals surface area contributed by atoms with E-state index in [1.54, 1.807) is 24.4 Å². The Labute approximate surface area is 193 Å². The molecule has 0 bridgehead atoms. The molecule has 0 spiro atoms. The zero-order chi connectivity index (χ0) is 27.0. The number of hydrogen-bond acceptors (Lipinski definition) is 7. The molecule has 2 heterocycles. The quantitative estimate of drug-likeness (QED) is 0.350. The molecule has 35 heavy (non-hydrogen) atoms. The second-order valence-corrected chi connectivity index (χ2v) is 7.01. The van der Waals surface area contributed by atoms with Crippen molar-refractivity contribution in [3.8, 4) is 0 Å². The smallest absolute Gasteiger partial charge is 0.475 e. The number of carboxylic acid groups (broad SMARTS) is 2. The Morgan fingerprint density at radius 2 is 1.51 bits per heavy atom. The number of aromatic nitrogens is 1. The highest BCUT2D eigenvalue weighted by molar-refractivity contribution is 5.97. The molecule has 1 aromatic heterocycles. The summed E-state index contributed by atoms with van der Waals surface area (Å²) in [5.74, 6) is -5.51. The maximum absolute atomic E-state index is 11.2. The first-order valence-corrected chi connectivity index (χ1v) is 9.61. The molecule has 1 aromatic carbocycles. The maximum atomic E-state index is 11.2. The number of rotatable bonds is 2. The van der Waals surface area contributed by atoms with E-state index in [0.29, 0.717) is 5.39 Å². The first kappa shape index (κ1) is 29.3. The minimum atomic E-state index is -5.08. The number of nitro benzene ring substituents is 1. The summed E-state index contributed by atoms with van der Waals surface area (Å²) in [5, 5.41) is 26.0. The van der Waals surface area contributed by atoms with Gasteiger partial charge in [-0.2, -0.15) is 26.3 Å². The van der Waals surface area contributed by atoms with Crippen LogP contribution in [0.1, 0.15) is 6.42 Å². The standard InChI is InChI=1S/C15H18N4O2.2C2HF3O2/c1-17-8-3-9-18(11-10-17)14-6-5-13(19(20)21)12-4-2-7-16-15(12)14;2*3-2(4,5)1(6)7/h2,4-7H,3,8-11H2,1H3;2*(H,6,7). The van der Waals surface area contributed by atoms with Crippen LogP contribution in [0.25, 0.3) is 10.9 Å². The normalized spacial score (nSPS) is 14.7. The molecule has 1 fully saturated rings. The molecular weight excluding hydrogens is 494 g/mol. The van der Waals surface area contributed by atoms with Gasteiger partial charge in [-0.1, -0.05) is 0 Å². The molecule has 0 unspecified atom stereocenters. The number of nitrogens with zero attached hydrogens (tertiary/aromatic N) is 4. The predicted molar refractivity (Wildman–Crippen MR) is 110 cm³/mol. The molecule has 1 aliphatic rings. The number of aliphatic carboxylic acids is 2. The van der Waals surface area contributed by atoms with Crippen LogP contribution in [-0.2, 0) is 9.59 Å². The highest BCUT2D eigenvalue weighted by Crippen LogP contribution is 2.32. The van der Waals surface area contributed by atoms with E-state index in [1.807, 2.05) is 6.07 Å². The third kappa shape index (κ3) is 9.23. The average Bonchev–Trinajstić information content (AvgIpc) is 2.96. The largest absolute Gasteiger partial charge is 0.490 e. The molecule has 2 N–H and O–H groups in total. The lowest BCUT2D eigenvalue weighted by molar-refractivity contribution is -0.383. The fourth-order valence-corrected chi connectivity index (χ4v) is 2.84. The van der Waals surface area contributed by atoms with Gasteiger partial charge in [0.2, 0.25) is 0 Å². The van der Waals surface area contributed by atoms with Gasteiger partial charge in [0.1, 0.15) is 5.52 Å². The lowest BCUT2D eigenvalue weighted by atomic mass is 10.1. The first-order chi connectivity index (χ1) is 16.1. The predicted octanol–water partition coefficient (Wildman–Crippen LogP) is 3.55. The number of carbonyl (C=O) groups is 2. The number of benzene rings is 1. The van der Waals surface area contributed by atoms with Crippen LogP contribution in [0.2, 0.25) is 0 Å². The van der Waals surface area contributed by atoms with Crippen molar-refractivity contribution in [2.75, 3.05) is 38.1 Å². The van der Waals surface area contributed by atoms with Crippen molar-refractivity contribution in [3.05, 3.63) is 40.6 Å². The molecule has 1 aliphatic heterocycles. The Morgan fingerprint density at radius 1 is 0.971 bits per heavy atom. The van der Waals surface area contributed by atoms with E-state index in [4.69, 9.17) is 19.8 Å². The summed E-state index contributed by atoms with van der Waals surface area (Å²) in [7, 11) is 2.12. The fourth-order valence-electron chi connectivity index (χ4n) is 2.84. The molecule has 1 saturated heterocycles. The third-order valence-corrected chi connectivity index (χ3v) is 4.47. The molecule has 194 valence electrons. The van der Waals surface area contributed by atoms with Crippen molar-refractivity contribution in [3.63, 3.8) is 0 Å². The van der Waals surface area contributed by atoms with Crippen molar-refractivity contribution < 1.29 is 51.1 Å². The molecule has 0 amide bonds. The monoisotopic (exact) mass is 514 g/mol. The number of carboxylic acids is 2. The second kappa shape index (κ2) is 12.1. The molecule has 2 aromatic rings. The number of alkyl halides is 6. The van der Waals surface area contributed by atoms with Crippen LogP contribution >= 0.6 is 0 Å². The van der Waals surface area contributed by atoms with Crippen molar-refractivity contribution in [2.45, 2.75) is 18.8 Å². The van der Waals surface area contributed by atoms with Crippen LogP contribution in [0.5, 0.6) is 0 Å². The number of halogens is 6. The van der Waals surface area contributed by atoms with Gasteiger partial charge < -0.3 is 20.0 Å². The molecule has 0 aliphatic carbocycles. The lowest BCUT2D eigenvalue weighted by Crippen LogP contribution is -2.29. The molecule has 0 radical (unpaired) electrons. The van der Waals surface area contributed by atoms with Gasteiger partial charge in [-0.25, -0.2) is 9.59 Å². The number of pyridine rings is 1. The van der Waals surface area contributed by atoms with Crippen LogP contribution in [0.3, 0.4) is 0 Å². The first-order valence-electron chi connectivity index (χ1n) is 9.61. The van der Waals surface area contributed by atoms with Gasteiger partial charge >= 0.3 is 24.3 Å². The summed E-state index contributed by atoms with van der Waals surface area (Å²) in [5.41, 5.74) is 1.83. The number of fused-ring (bicyclic) bond motifs is 1. The van der Waals surface area contributed by atoms with Crippen LogP contribution < -0.4 is 4.90 Å². The van der Waals surface area contributed by atoms with Gasteiger partial charge in [0.15, 0.2) is 0 Å². The minimum absolute atomic E-state index is 0.119. The van der Waals surface area contributed by atoms with Crippen molar-refractivity contribution >= 4 is 34.2 Å². The van der Waals surface area contributed by atoms with Gasteiger partial charge in [-0.15, -0.1) is 0 Å². The van der Waals surface area contributed by atoms with E-state index < -0.39 is 24.3 Å². The van der Waals surface area contributed by atoms with E-state index >= 15 is 0 Å². The average molecular weight is 514 g/mol. The van der Waals surface area contributed by atoms with E-state index in [0.717, 1.165) is 43.8 Å². The van der Waals surface area contributed by atoms with Gasteiger partial charge in [0.05, 0.1) is 16.0 Å². The third-order valence-electron chi connectivity index (χ3n) is 4.47. The Morgan fingerprint density at radius 3 is 2.00 bits per heavy atom. The molecule has 3 rings (SSSR count). The molecule has 16 heteroatoms. The maximum Gasteiger partial charge on any atom is 0.490 e. The van der Waals surface area contributed by atoms with E-state index in [9.17, 15) is 36.5 Å². The summed E-state index contributed by atoms with van der Waals surface area (Å²) in [4.78, 5) is 37.6. The highest BCUT2D eigenvalue weighted by atomic mass is 19.4. The number of anilines is 1. The van der Waals surface area contributed by atoms with E-state index in [-0.39, 0.29) is 10.6 Å². The van der Waals surface area contributed by atoms with Crippen molar-refractivity contribution in [1.29, 1.82) is 0 Å². The highest BCUT2D eigenvalue weighted by Gasteiger charge is 2.38. The minimum Gasteiger partial charge on any atom is -0.475 e. The van der Waals surface area contributed by atoms with Crippen LogP contribution in [-0.4, -0.2) is 82.5 Å². The van der Waals surface area contributed by atoms with E-state index in [2.05, 4.69) is 21.8 Å². The zero-order valence-electron chi connectivity index (χ0n) is 18.0. The summed E-state index contributed by atoms with van der Waals surface area (Å²) in [6.45, 7) is 3.94. The van der Waals surface area contributed by atoms with Crippen LogP contribution in [0.4, 0.5) is 37.7 Å². The fraction of sp³-hybridized carbons (Fsp3) is 0.421. The summed E-state index contributed by atoms with van der Waals surface area (Å²) in [6, 6.07) is 6.94. The second-order valence-electron chi connectivity index (χ2n) is 7.01. The number of nitro groups is 1. The van der Waals surface area contributed by atoms with Crippen molar-refractivity contribution in [1.82, 2.24) is 9.88 Å². The Balaban J connectivity index is 0.000000362. The van der Waals surface area contributed by atoms with Gasteiger partial charge in [-0.05, 0) is 38.2 Å². The topological polar surface area (TPSA) is 137 Å². The summed E-state index contributed by atoms with van der Waals surface area (Å²) in [6.07, 6.45) is -7.39. The lowest BCUT2D eigenvalue weighted by Gasteiger charge is -2.23. The van der Waals surface area contributed by atoms with Gasteiger partial charge in [-0.3, -0.25) is 15.1 Å². The van der Waals surface area contributed by atoms with Crippen LogP contribution in [0.15, 0.2) is 30.5 Å². The molecule has 0 atom stereocenters. The molecular formula is C19H20F6N4O6. The van der Waals surface area contributed by atoms with E-state index in [1.165, 1.54) is 0 Å². The summed E-state index contributed by atoms with van der Waals surface area (Å²) < 4.78 is 63.5. The molecule has 10 nitrogen and oxygen atoms in total. The van der Waals surface area contributed by atoms with Gasteiger partial charge in [0.25, 0.3) is 5.69 Å².